The molecule has 7 nitrogen and oxygen atoms in total. The smallest absolute Gasteiger partial charge is 0.283 e. The van der Waals surface area contributed by atoms with E-state index in [2.05, 4.69) is 83.2 Å². The first kappa shape index (κ1) is 25.7. The Morgan fingerprint density at radius 1 is 1.26 bits per heavy atom. The molecule has 0 amide bonds. The lowest BCUT2D eigenvalue weighted by atomic mass is 9.45. The van der Waals surface area contributed by atoms with Gasteiger partial charge in [0.1, 0.15) is 17.3 Å². The SMILES string of the molecule is CCN(CC)c1ccc(/C(Cn2ncc(N[C@@H]3C[C@@H]4C[C@H]([C@H]3C)C4(C)C)c(Br)c2=O)=N\OC)cc1. The molecule has 3 aliphatic carbocycles. The summed E-state index contributed by atoms with van der Waals surface area (Å²) in [5.74, 6) is 2.03. The Morgan fingerprint density at radius 3 is 2.51 bits per heavy atom. The lowest BCUT2D eigenvalue weighted by Crippen LogP contribution is -2.58. The fraction of sp³-hybridized carbons (Fsp3) is 0.593. The molecule has 1 heterocycles. The minimum absolute atomic E-state index is 0.187. The van der Waals surface area contributed by atoms with Crippen molar-refractivity contribution in [1.29, 1.82) is 0 Å². The van der Waals surface area contributed by atoms with Gasteiger partial charge >= 0.3 is 0 Å². The average molecular weight is 545 g/mol. The average Bonchev–Trinajstić information content (AvgIpc) is 2.85. The van der Waals surface area contributed by atoms with Crippen molar-refractivity contribution >= 4 is 33.0 Å². The van der Waals surface area contributed by atoms with Crippen LogP contribution in [0.15, 0.2) is 44.9 Å². The zero-order chi connectivity index (χ0) is 25.3. The maximum atomic E-state index is 13.2. The van der Waals surface area contributed by atoms with Gasteiger partial charge in [-0.15, -0.1) is 0 Å². The van der Waals surface area contributed by atoms with Crippen molar-refractivity contribution in [3.63, 3.8) is 0 Å². The zero-order valence-electron chi connectivity index (χ0n) is 21.7. The molecule has 8 heteroatoms. The molecule has 190 valence electrons. The number of oxime groups is 1. The molecule has 2 aromatic rings. The number of nitrogens with zero attached hydrogens (tertiary/aromatic N) is 4. The number of halogens is 1. The summed E-state index contributed by atoms with van der Waals surface area (Å²) in [5.41, 5.74) is 3.69. The minimum Gasteiger partial charge on any atom is -0.399 e. The highest BCUT2D eigenvalue weighted by Crippen LogP contribution is 2.61. The summed E-state index contributed by atoms with van der Waals surface area (Å²) in [4.78, 5) is 20.6. The van der Waals surface area contributed by atoms with E-state index < -0.39 is 0 Å². The van der Waals surface area contributed by atoms with Gasteiger partial charge in [0.2, 0.25) is 0 Å². The van der Waals surface area contributed by atoms with Gasteiger partial charge in [-0.1, -0.05) is 38.1 Å². The van der Waals surface area contributed by atoms with Crippen LogP contribution in [0.3, 0.4) is 0 Å². The molecule has 3 fully saturated rings. The van der Waals surface area contributed by atoms with E-state index in [-0.39, 0.29) is 12.1 Å². The third kappa shape index (κ3) is 4.86. The molecule has 2 bridgehead atoms. The molecule has 0 radical (unpaired) electrons. The number of fused-ring (bicyclic) bond motifs is 2. The lowest BCUT2D eigenvalue weighted by molar-refractivity contribution is -0.105. The van der Waals surface area contributed by atoms with E-state index in [1.807, 2.05) is 12.1 Å². The Morgan fingerprint density at radius 2 is 1.94 bits per heavy atom. The molecule has 5 rings (SSSR count). The summed E-state index contributed by atoms with van der Waals surface area (Å²) >= 11 is 3.54. The van der Waals surface area contributed by atoms with E-state index >= 15 is 0 Å². The van der Waals surface area contributed by atoms with Crippen LogP contribution in [0.1, 0.15) is 53.0 Å². The second kappa shape index (κ2) is 10.3. The Balaban J connectivity index is 1.51. The standard InChI is InChI=1S/C27H38BrN5O2/c1-7-32(8-2)20-11-9-18(10-12-20)24(31-35-6)16-33-26(34)25(28)23(15-29-33)30-22-14-19-13-21(17(22)3)27(19,4)5/h9-12,15,17,19,21-22,30H,7-8,13-14,16H2,1-6H3/b31-24-/t17-,19+,21-,22-/m1/s1. The van der Waals surface area contributed by atoms with Gasteiger partial charge in [0, 0.05) is 30.4 Å². The molecule has 0 saturated heterocycles. The van der Waals surface area contributed by atoms with Crippen LogP contribution in [0.2, 0.25) is 0 Å². The van der Waals surface area contributed by atoms with Crippen molar-refractivity contribution in [2.45, 2.75) is 60.0 Å². The fourth-order valence-electron chi connectivity index (χ4n) is 6.10. The molecule has 3 aliphatic rings. The number of hydrogen-bond donors (Lipinski definition) is 1. The van der Waals surface area contributed by atoms with Gasteiger partial charge in [-0.2, -0.15) is 5.10 Å². The van der Waals surface area contributed by atoms with Crippen molar-refractivity contribution in [3.8, 4) is 0 Å². The van der Waals surface area contributed by atoms with Crippen LogP contribution in [-0.4, -0.2) is 41.7 Å². The predicted molar refractivity (Wildman–Crippen MR) is 146 cm³/mol. The summed E-state index contributed by atoms with van der Waals surface area (Å²) in [6, 6.07) is 8.53. The van der Waals surface area contributed by atoms with Crippen LogP contribution >= 0.6 is 15.9 Å². The number of aromatic nitrogens is 2. The summed E-state index contributed by atoms with van der Waals surface area (Å²) < 4.78 is 1.93. The zero-order valence-corrected chi connectivity index (χ0v) is 23.3. The first-order valence-electron chi connectivity index (χ1n) is 12.7. The highest BCUT2D eigenvalue weighted by molar-refractivity contribution is 9.10. The molecule has 0 spiro atoms. The normalized spacial score (nSPS) is 25.1. The van der Waals surface area contributed by atoms with E-state index in [1.54, 1.807) is 6.20 Å². The largest absolute Gasteiger partial charge is 0.399 e. The Kier molecular flexibility index (Phi) is 7.60. The summed E-state index contributed by atoms with van der Waals surface area (Å²) in [5, 5.41) is 12.3. The fourth-order valence-corrected chi connectivity index (χ4v) is 6.52. The van der Waals surface area contributed by atoms with Gasteiger partial charge in [0.15, 0.2) is 0 Å². The van der Waals surface area contributed by atoms with Crippen LogP contribution < -0.4 is 15.8 Å². The number of nitrogens with one attached hydrogen (secondary N) is 1. The van der Waals surface area contributed by atoms with Gasteiger partial charge in [0.25, 0.3) is 5.56 Å². The molecular weight excluding hydrogens is 506 g/mol. The first-order chi connectivity index (χ1) is 16.7. The molecule has 1 aromatic carbocycles. The topological polar surface area (TPSA) is 71.8 Å². The van der Waals surface area contributed by atoms with Crippen molar-refractivity contribution in [3.05, 3.63) is 50.9 Å². The molecule has 1 aromatic heterocycles. The Labute approximate surface area is 217 Å². The van der Waals surface area contributed by atoms with Crippen LogP contribution in [0, 0.1) is 23.2 Å². The van der Waals surface area contributed by atoms with E-state index in [1.165, 1.54) is 18.2 Å². The van der Waals surface area contributed by atoms with Crippen molar-refractivity contribution in [2.75, 3.05) is 30.4 Å². The monoisotopic (exact) mass is 543 g/mol. The van der Waals surface area contributed by atoms with Crippen LogP contribution in [0.25, 0.3) is 0 Å². The summed E-state index contributed by atoms with van der Waals surface area (Å²) in [6.45, 7) is 13.5. The molecule has 3 saturated carbocycles. The van der Waals surface area contributed by atoms with E-state index in [0.717, 1.165) is 48.3 Å². The van der Waals surface area contributed by atoms with Crippen LogP contribution in [0.5, 0.6) is 0 Å². The van der Waals surface area contributed by atoms with Crippen LogP contribution in [-0.2, 0) is 11.4 Å². The van der Waals surface area contributed by atoms with Crippen LogP contribution in [0.4, 0.5) is 11.4 Å². The molecule has 0 unspecified atom stereocenters. The number of benzene rings is 1. The molecule has 0 aliphatic heterocycles. The predicted octanol–water partition coefficient (Wildman–Crippen LogP) is 5.39. The van der Waals surface area contributed by atoms with Gasteiger partial charge in [-0.3, -0.25) is 4.79 Å². The third-order valence-corrected chi connectivity index (χ3v) is 9.28. The van der Waals surface area contributed by atoms with Gasteiger partial charge in [-0.05, 0) is 77.9 Å². The summed E-state index contributed by atoms with van der Waals surface area (Å²) in [7, 11) is 1.51. The Bertz CT molecular complexity index is 1120. The van der Waals surface area contributed by atoms with Gasteiger partial charge < -0.3 is 15.1 Å². The molecule has 1 N–H and O–H groups in total. The van der Waals surface area contributed by atoms with Gasteiger partial charge in [-0.25, -0.2) is 4.68 Å². The Hall–Kier alpha value is -2.35. The quantitative estimate of drug-likeness (QED) is 0.339. The highest BCUT2D eigenvalue weighted by Gasteiger charge is 2.56. The lowest BCUT2D eigenvalue weighted by Gasteiger charge is -2.62. The van der Waals surface area contributed by atoms with E-state index in [4.69, 9.17) is 4.84 Å². The molecule has 4 atom stereocenters. The number of rotatable bonds is 9. The maximum absolute atomic E-state index is 13.2. The van der Waals surface area contributed by atoms with Crippen molar-refractivity contribution in [1.82, 2.24) is 9.78 Å². The van der Waals surface area contributed by atoms with Crippen molar-refractivity contribution < 1.29 is 4.84 Å². The third-order valence-electron chi connectivity index (χ3n) is 8.51. The van der Waals surface area contributed by atoms with Gasteiger partial charge in [0.05, 0.1) is 18.4 Å². The minimum atomic E-state index is -0.187. The maximum Gasteiger partial charge on any atom is 0.283 e. The number of hydrogen-bond acceptors (Lipinski definition) is 6. The second-order valence-electron chi connectivity index (χ2n) is 10.5. The first-order valence-corrected chi connectivity index (χ1v) is 13.5. The van der Waals surface area contributed by atoms with E-state index in [9.17, 15) is 4.79 Å². The second-order valence-corrected chi connectivity index (χ2v) is 11.3. The highest BCUT2D eigenvalue weighted by atomic mass is 79.9. The molecule has 35 heavy (non-hydrogen) atoms. The van der Waals surface area contributed by atoms with Crippen molar-refractivity contribution in [2.24, 2.45) is 28.3 Å². The summed E-state index contributed by atoms with van der Waals surface area (Å²) in [6.07, 6.45) is 4.21. The van der Waals surface area contributed by atoms with E-state index in [0.29, 0.717) is 27.6 Å². The number of anilines is 2. The molecular formula is C27H38BrN5O2.